The Morgan fingerprint density at radius 3 is 2.20 bits per heavy atom. The van der Waals surface area contributed by atoms with Gasteiger partial charge in [0.05, 0.1) is 5.69 Å². The van der Waals surface area contributed by atoms with E-state index in [1.54, 1.807) is 12.1 Å². The fourth-order valence-corrected chi connectivity index (χ4v) is 4.88. The summed E-state index contributed by atoms with van der Waals surface area (Å²) in [6.45, 7) is 5.36. The van der Waals surface area contributed by atoms with Gasteiger partial charge in [0.25, 0.3) is 5.91 Å². The van der Waals surface area contributed by atoms with Crippen molar-refractivity contribution in [2.24, 2.45) is 0 Å². The highest BCUT2D eigenvalue weighted by atomic mass is 19.1. The molecule has 0 bridgehead atoms. The topological polar surface area (TPSA) is 36.0 Å². The number of halogens is 1. The van der Waals surface area contributed by atoms with E-state index in [1.807, 2.05) is 23.1 Å². The number of carbonyl (C=O) groups is 1. The van der Waals surface area contributed by atoms with E-state index < -0.39 is 0 Å². The Kier molecular flexibility index (Phi) is 7.17. The van der Waals surface area contributed by atoms with E-state index in [2.05, 4.69) is 40.1 Å². The summed E-state index contributed by atoms with van der Waals surface area (Å²) in [5.74, 6) is 0.489. The fraction of sp³-hybridized carbons (Fsp3) is 0.345. The van der Waals surface area contributed by atoms with Crippen LogP contribution in [0, 0.1) is 5.82 Å². The number of amides is 1. The number of piperidine rings is 1. The summed E-state index contributed by atoms with van der Waals surface area (Å²) in [6, 6.07) is 22.5. The normalized spacial score (nSPS) is 16.3. The molecule has 2 aliphatic rings. The summed E-state index contributed by atoms with van der Waals surface area (Å²) in [4.78, 5) is 19.5. The number of carbonyl (C=O) groups excluding carboxylic acids is 1. The molecule has 1 amide bonds. The van der Waals surface area contributed by atoms with Crippen LogP contribution in [0.2, 0.25) is 0 Å². The van der Waals surface area contributed by atoms with E-state index in [1.165, 1.54) is 37.1 Å². The van der Waals surface area contributed by atoms with Gasteiger partial charge in [-0.25, -0.2) is 4.39 Å². The summed E-state index contributed by atoms with van der Waals surface area (Å²) < 4.78 is 19.6. The number of rotatable bonds is 6. The molecule has 182 valence electrons. The Labute approximate surface area is 206 Å². The lowest BCUT2D eigenvalue weighted by molar-refractivity contribution is 0.0746. The molecular weight excluding hydrogens is 441 g/mol. The SMILES string of the molecule is O=C(c1ccc(F)cc1)N1CCN(c2cc(N3CCCCC3)ccc2OCc2ccccc2)CC1. The van der Waals surface area contributed by atoms with Gasteiger partial charge in [-0.2, -0.15) is 0 Å². The van der Waals surface area contributed by atoms with Gasteiger partial charge in [0.2, 0.25) is 0 Å². The standard InChI is InChI=1S/C29H32FN3O2/c30-25-11-9-24(10-12-25)29(34)33-19-17-32(18-20-33)27-21-26(31-15-5-2-6-16-31)13-14-28(27)35-22-23-7-3-1-4-8-23/h1,3-4,7-14,21H,2,5-6,15-20,22H2. The first kappa shape index (κ1) is 23.2. The van der Waals surface area contributed by atoms with Crippen molar-refractivity contribution in [3.8, 4) is 5.75 Å². The first-order valence-corrected chi connectivity index (χ1v) is 12.5. The minimum absolute atomic E-state index is 0.0488. The van der Waals surface area contributed by atoms with Gasteiger partial charge in [-0.3, -0.25) is 4.79 Å². The molecule has 6 heteroatoms. The van der Waals surface area contributed by atoms with Crippen LogP contribution in [0.15, 0.2) is 72.8 Å². The van der Waals surface area contributed by atoms with E-state index in [9.17, 15) is 9.18 Å². The number of nitrogens with zero attached hydrogens (tertiary/aromatic N) is 3. The van der Waals surface area contributed by atoms with Gasteiger partial charge in [0.15, 0.2) is 0 Å². The van der Waals surface area contributed by atoms with Crippen molar-refractivity contribution in [3.63, 3.8) is 0 Å². The Hall–Kier alpha value is -3.54. The van der Waals surface area contributed by atoms with E-state index in [4.69, 9.17) is 4.74 Å². The first-order valence-electron chi connectivity index (χ1n) is 12.5. The summed E-state index contributed by atoms with van der Waals surface area (Å²) in [7, 11) is 0. The Balaban J connectivity index is 1.32. The zero-order valence-electron chi connectivity index (χ0n) is 20.0. The van der Waals surface area contributed by atoms with E-state index >= 15 is 0 Å². The van der Waals surface area contributed by atoms with Gasteiger partial charge in [0.1, 0.15) is 18.2 Å². The van der Waals surface area contributed by atoms with E-state index in [0.717, 1.165) is 43.2 Å². The molecule has 0 aromatic heterocycles. The molecular formula is C29H32FN3O2. The predicted octanol–water partition coefficient (Wildman–Crippen LogP) is 5.36. The number of piperazine rings is 1. The van der Waals surface area contributed by atoms with Gasteiger partial charge in [0, 0.05) is 50.5 Å². The van der Waals surface area contributed by atoms with Crippen molar-refractivity contribution in [3.05, 3.63) is 89.7 Å². The Bertz CT molecular complexity index is 1120. The molecule has 0 radical (unpaired) electrons. The van der Waals surface area contributed by atoms with Crippen molar-refractivity contribution < 1.29 is 13.9 Å². The molecule has 2 fully saturated rings. The van der Waals surface area contributed by atoms with Crippen molar-refractivity contribution in [1.82, 2.24) is 4.90 Å². The van der Waals surface area contributed by atoms with Crippen LogP contribution in [0.1, 0.15) is 35.2 Å². The molecule has 35 heavy (non-hydrogen) atoms. The van der Waals surface area contributed by atoms with Crippen molar-refractivity contribution in [2.75, 3.05) is 49.1 Å². The third-order valence-corrected chi connectivity index (χ3v) is 6.90. The lowest BCUT2D eigenvalue weighted by Gasteiger charge is -2.37. The molecule has 2 saturated heterocycles. The smallest absolute Gasteiger partial charge is 0.253 e. The minimum atomic E-state index is -0.331. The molecule has 0 saturated carbocycles. The summed E-state index contributed by atoms with van der Waals surface area (Å²) in [5, 5.41) is 0. The maximum absolute atomic E-state index is 13.3. The highest BCUT2D eigenvalue weighted by Gasteiger charge is 2.25. The van der Waals surface area contributed by atoms with Crippen molar-refractivity contribution in [2.45, 2.75) is 25.9 Å². The molecule has 0 spiro atoms. The zero-order valence-corrected chi connectivity index (χ0v) is 20.0. The predicted molar refractivity (Wildman–Crippen MR) is 138 cm³/mol. The maximum atomic E-state index is 13.3. The minimum Gasteiger partial charge on any atom is -0.487 e. The van der Waals surface area contributed by atoms with Crippen LogP contribution in [0.4, 0.5) is 15.8 Å². The molecule has 2 aliphatic heterocycles. The van der Waals surface area contributed by atoms with Crippen LogP contribution in [0.3, 0.4) is 0 Å². The third-order valence-electron chi connectivity index (χ3n) is 6.90. The molecule has 0 aliphatic carbocycles. The van der Waals surface area contributed by atoms with Crippen LogP contribution >= 0.6 is 0 Å². The summed E-state index contributed by atoms with van der Waals surface area (Å²) in [5.41, 5.74) is 3.97. The fourth-order valence-electron chi connectivity index (χ4n) is 4.88. The lowest BCUT2D eigenvalue weighted by Crippen LogP contribution is -2.49. The Morgan fingerprint density at radius 2 is 1.49 bits per heavy atom. The van der Waals surface area contributed by atoms with E-state index in [-0.39, 0.29) is 11.7 Å². The average Bonchev–Trinajstić information content (AvgIpc) is 2.93. The molecule has 0 N–H and O–H groups in total. The molecule has 5 nitrogen and oxygen atoms in total. The lowest BCUT2D eigenvalue weighted by atomic mass is 10.1. The van der Waals surface area contributed by atoms with Crippen LogP contribution in [-0.2, 0) is 6.61 Å². The van der Waals surface area contributed by atoms with Gasteiger partial charge < -0.3 is 19.4 Å². The summed E-state index contributed by atoms with van der Waals surface area (Å²) >= 11 is 0. The van der Waals surface area contributed by atoms with E-state index in [0.29, 0.717) is 25.3 Å². The largest absolute Gasteiger partial charge is 0.487 e. The second-order valence-corrected chi connectivity index (χ2v) is 9.26. The van der Waals surface area contributed by atoms with Gasteiger partial charge in [-0.05, 0) is 67.3 Å². The highest BCUT2D eigenvalue weighted by Crippen LogP contribution is 2.35. The molecule has 5 rings (SSSR count). The molecule has 3 aromatic carbocycles. The summed E-state index contributed by atoms with van der Waals surface area (Å²) in [6.07, 6.45) is 3.75. The molecule has 3 aromatic rings. The van der Waals surface area contributed by atoms with Crippen LogP contribution < -0.4 is 14.5 Å². The first-order chi connectivity index (χ1) is 17.2. The zero-order chi connectivity index (χ0) is 24.0. The molecule has 0 atom stereocenters. The molecule has 2 heterocycles. The van der Waals surface area contributed by atoms with Crippen LogP contribution in [0.25, 0.3) is 0 Å². The van der Waals surface area contributed by atoms with Gasteiger partial charge >= 0.3 is 0 Å². The second kappa shape index (κ2) is 10.8. The number of benzene rings is 3. The molecule has 0 unspecified atom stereocenters. The Morgan fingerprint density at radius 1 is 0.771 bits per heavy atom. The third kappa shape index (κ3) is 5.59. The monoisotopic (exact) mass is 473 g/mol. The number of hydrogen-bond acceptors (Lipinski definition) is 4. The number of anilines is 2. The highest BCUT2D eigenvalue weighted by molar-refractivity contribution is 5.94. The quantitative estimate of drug-likeness (QED) is 0.483. The van der Waals surface area contributed by atoms with Crippen LogP contribution in [0.5, 0.6) is 5.75 Å². The van der Waals surface area contributed by atoms with Crippen molar-refractivity contribution >= 4 is 17.3 Å². The van der Waals surface area contributed by atoms with Crippen molar-refractivity contribution in [1.29, 1.82) is 0 Å². The average molecular weight is 474 g/mol. The van der Waals surface area contributed by atoms with Gasteiger partial charge in [-0.15, -0.1) is 0 Å². The van der Waals surface area contributed by atoms with Crippen LogP contribution in [-0.4, -0.2) is 50.1 Å². The number of hydrogen-bond donors (Lipinski definition) is 0. The van der Waals surface area contributed by atoms with Gasteiger partial charge in [-0.1, -0.05) is 30.3 Å². The number of ether oxygens (including phenoxy) is 1. The maximum Gasteiger partial charge on any atom is 0.253 e. The second-order valence-electron chi connectivity index (χ2n) is 9.26.